The fourth-order valence-corrected chi connectivity index (χ4v) is 8.45. The molecule has 6 nitrogen and oxygen atoms in total. The van der Waals surface area contributed by atoms with E-state index in [0.717, 1.165) is 36.1 Å². The van der Waals surface area contributed by atoms with Gasteiger partial charge in [0.2, 0.25) is 0 Å². The lowest BCUT2D eigenvalue weighted by atomic mass is 9.60. The van der Waals surface area contributed by atoms with Gasteiger partial charge in [-0.15, -0.1) is 0 Å². The average molecular weight is 457 g/mol. The van der Waals surface area contributed by atoms with Gasteiger partial charge in [-0.2, -0.15) is 5.26 Å². The maximum absolute atomic E-state index is 9.60. The molecular formula is C27H48N6. The van der Waals surface area contributed by atoms with E-state index in [1.165, 1.54) is 64.3 Å². The lowest BCUT2D eigenvalue weighted by Gasteiger charge is -2.50. The second-order valence-electron chi connectivity index (χ2n) is 12.9. The molecule has 0 spiro atoms. The minimum absolute atomic E-state index is 0.176. The molecule has 3 saturated heterocycles. The number of nitrogens with zero attached hydrogens (tertiary/aromatic N) is 2. The predicted octanol–water partition coefficient (Wildman–Crippen LogP) is 3.08. The van der Waals surface area contributed by atoms with E-state index in [0.29, 0.717) is 30.2 Å². The Kier molecular flexibility index (Phi) is 7.09. The zero-order valence-electron chi connectivity index (χ0n) is 21.4. The number of hydrogen-bond donors (Lipinski definition) is 4. The molecule has 2 saturated carbocycles. The van der Waals surface area contributed by atoms with Gasteiger partial charge in [-0.25, -0.2) is 0 Å². The van der Waals surface area contributed by atoms with Crippen LogP contribution in [0, 0.1) is 52.3 Å². The first-order chi connectivity index (χ1) is 15.9. The van der Waals surface area contributed by atoms with Crippen LogP contribution < -0.4 is 21.5 Å². The van der Waals surface area contributed by atoms with Crippen LogP contribution >= 0.6 is 0 Å². The van der Waals surface area contributed by atoms with Gasteiger partial charge in [0.25, 0.3) is 0 Å². The van der Waals surface area contributed by atoms with E-state index in [2.05, 4.69) is 60.4 Å². The summed E-state index contributed by atoms with van der Waals surface area (Å²) in [6.45, 7) is 6.60. The van der Waals surface area contributed by atoms with E-state index in [9.17, 15) is 5.26 Å². The van der Waals surface area contributed by atoms with Crippen LogP contribution in [0.4, 0.5) is 0 Å². The molecule has 8 atom stereocenters. The van der Waals surface area contributed by atoms with Crippen LogP contribution in [0.1, 0.15) is 71.6 Å². The monoisotopic (exact) mass is 456 g/mol. The summed E-state index contributed by atoms with van der Waals surface area (Å²) in [5.74, 6) is 4.62. The summed E-state index contributed by atoms with van der Waals surface area (Å²) in [5, 5.41) is 17.4. The maximum Gasteiger partial charge on any atom is 0.0686 e. The first-order valence-corrected chi connectivity index (χ1v) is 13.9. The highest BCUT2D eigenvalue weighted by Gasteiger charge is 2.52. The van der Waals surface area contributed by atoms with Gasteiger partial charge in [-0.1, -0.05) is 0 Å². The van der Waals surface area contributed by atoms with E-state index >= 15 is 0 Å². The van der Waals surface area contributed by atoms with Gasteiger partial charge in [0.05, 0.1) is 17.6 Å². The van der Waals surface area contributed by atoms with E-state index < -0.39 is 0 Å². The number of nitriles is 1. The zero-order valence-corrected chi connectivity index (χ0v) is 21.4. The first kappa shape index (κ1) is 24.0. The highest BCUT2D eigenvalue weighted by molar-refractivity contribution is 5.08. The van der Waals surface area contributed by atoms with Gasteiger partial charge in [0.1, 0.15) is 0 Å². The molecule has 0 aromatic carbocycles. The van der Waals surface area contributed by atoms with Gasteiger partial charge in [0.15, 0.2) is 0 Å². The molecule has 0 aromatic heterocycles. The third kappa shape index (κ3) is 4.74. The van der Waals surface area contributed by atoms with Gasteiger partial charge in [-0.05, 0) is 128 Å². The van der Waals surface area contributed by atoms with Crippen molar-refractivity contribution < 1.29 is 0 Å². The zero-order chi connectivity index (χ0) is 23.2. The molecule has 5 aliphatic rings. The first-order valence-electron chi connectivity index (χ1n) is 13.9. The Labute approximate surface area is 202 Å². The Morgan fingerprint density at radius 2 is 1.52 bits per heavy atom. The number of nitrogens with one attached hydrogen (secondary N) is 4. The molecule has 3 aliphatic heterocycles. The van der Waals surface area contributed by atoms with Crippen molar-refractivity contribution in [2.45, 2.75) is 95.9 Å². The molecule has 2 aliphatic carbocycles. The van der Waals surface area contributed by atoms with Crippen molar-refractivity contribution in [3.05, 3.63) is 0 Å². The molecule has 8 unspecified atom stereocenters. The second kappa shape index (κ2) is 9.74. The molecule has 0 bridgehead atoms. The van der Waals surface area contributed by atoms with Crippen LogP contribution in [0.5, 0.6) is 0 Å². The van der Waals surface area contributed by atoms with E-state index in [1.54, 1.807) is 0 Å². The standard InChI is InChI=1S/C27H48N6/c1-27(2,16-28)20-9-5-17(6-10-20)26-25-21-13-18(19-8-12-24(30-14-19)33(3)4)7-11-22(21)29-15-23(25)31-32-26/h17-26,29-32H,5-15H2,1-4H3. The van der Waals surface area contributed by atoms with Crippen LogP contribution in [0.25, 0.3) is 0 Å². The van der Waals surface area contributed by atoms with Crippen LogP contribution in [0.15, 0.2) is 0 Å². The summed E-state index contributed by atoms with van der Waals surface area (Å²) in [6.07, 6.45) is 12.4. The fourth-order valence-electron chi connectivity index (χ4n) is 8.45. The minimum Gasteiger partial charge on any atom is -0.312 e. The Balaban J connectivity index is 1.23. The Morgan fingerprint density at radius 3 is 2.18 bits per heavy atom. The summed E-state index contributed by atoms with van der Waals surface area (Å²) in [6, 6.07) is 4.48. The van der Waals surface area contributed by atoms with Crippen molar-refractivity contribution in [1.82, 2.24) is 26.4 Å². The van der Waals surface area contributed by atoms with Crippen molar-refractivity contribution in [2.75, 3.05) is 27.2 Å². The third-order valence-electron chi connectivity index (χ3n) is 10.7. The minimum atomic E-state index is -0.176. The molecule has 186 valence electrons. The van der Waals surface area contributed by atoms with E-state index in [1.807, 2.05) is 0 Å². The van der Waals surface area contributed by atoms with E-state index in [-0.39, 0.29) is 5.41 Å². The summed E-state index contributed by atoms with van der Waals surface area (Å²) in [7, 11) is 4.40. The number of hydrazine groups is 1. The number of fused-ring (bicyclic) bond motifs is 3. The molecule has 5 rings (SSSR count). The Hall–Kier alpha value is -0.710. The van der Waals surface area contributed by atoms with Crippen LogP contribution in [0.2, 0.25) is 0 Å². The predicted molar refractivity (Wildman–Crippen MR) is 133 cm³/mol. The lowest BCUT2D eigenvalue weighted by molar-refractivity contribution is 0.0395. The van der Waals surface area contributed by atoms with Crippen molar-refractivity contribution in [3.63, 3.8) is 0 Å². The molecule has 33 heavy (non-hydrogen) atoms. The SMILES string of the molecule is CN(C)C1CCC(C2CCC3NCC4NNC(C5CCC(C(C)(C)C#N)CC5)C4C3C2)CN1. The molecule has 0 radical (unpaired) electrons. The van der Waals surface area contributed by atoms with Crippen molar-refractivity contribution >= 4 is 0 Å². The van der Waals surface area contributed by atoms with Crippen LogP contribution in [0.3, 0.4) is 0 Å². The van der Waals surface area contributed by atoms with Gasteiger partial charge >= 0.3 is 0 Å². The Morgan fingerprint density at radius 1 is 0.788 bits per heavy atom. The number of rotatable bonds is 4. The van der Waals surface area contributed by atoms with E-state index in [4.69, 9.17) is 0 Å². The molecule has 4 N–H and O–H groups in total. The third-order valence-corrected chi connectivity index (χ3v) is 10.7. The largest absolute Gasteiger partial charge is 0.312 e. The quantitative estimate of drug-likeness (QED) is 0.521. The molecule has 3 heterocycles. The number of piperidine rings is 2. The second-order valence-corrected chi connectivity index (χ2v) is 12.9. The average Bonchev–Trinajstić information content (AvgIpc) is 3.28. The summed E-state index contributed by atoms with van der Waals surface area (Å²) in [5.41, 5.74) is 7.35. The summed E-state index contributed by atoms with van der Waals surface area (Å²) in [4.78, 5) is 2.34. The van der Waals surface area contributed by atoms with Crippen molar-refractivity contribution in [3.8, 4) is 6.07 Å². The maximum atomic E-state index is 9.60. The number of hydrogen-bond acceptors (Lipinski definition) is 6. The highest BCUT2D eigenvalue weighted by atomic mass is 15.4. The van der Waals surface area contributed by atoms with Gasteiger partial charge < -0.3 is 10.6 Å². The molecule has 0 amide bonds. The van der Waals surface area contributed by atoms with Gasteiger partial charge in [-0.3, -0.25) is 15.8 Å². The fraction of sp³-hybridized carbons (Fsp3) is 0.963. The smallest absolute Gasteiger partial charge is 0.0686 e. The molecule has 0 aromatic rings. The van der Waals surface area contributed by atoms with Gasteiger partial charge in [0, 0.05) is 24.7 Å². The Bertz CT molecular complexity index is 700. The molecule has 6 heteroatoms. The van der Waals surface area contributed by atoms with Crippen LogP contribution in [-0.2, 0) is 0 Å². The molecule has 5 fully saturated rings. The van der Waals surface area contributed by atoms with Crippen LogP contribution in [-0.4, -0.2) is 56.4 Å². The lowest BCUT2D eigenvalue weighted by Crippen LogP contribution is -2.59. The summed E-state index contributed by atoms with van der Waals surface area (Å²) < 4.78 is 0. The summed E-state index contributed by atoms with van der Waals surface area (Å²) >= 11 is 0. The topological polar surface area (TPSA) is 75.1 Å². The molecular weight excluding hydrogens is 408 g/mol. The normalized spacial score (nSPS) is 46.4. The van der Waals surface area contributed by atoms with Crippen molar-refractivity contribution in [2.24, 2.45) is 40.9 Å². The highest BCUT2D eigenvalue weighted by Crippen LogP contribution is 2.48. The van der Waals surface area contributed by atoms with Crippen molar-refractivity contribution in [1.29, 1.82) is 5.26 Å².